The van der Waals surface area contributed by atoms with E-state index in [1.807, 2.05) is 12.1 Å². The van der Waals surface area contributed by atoms with Gasteiger partial charge in [-0.25, -0.2) is 0 Å². The molecule has 82 valence electrons. The molecule has 0 amide bonds. The van der Waals surface area contributed by atoms with Gasteiger partial charge in [0.05, 0.1) is 0 Å². The quantitative estimate of drug-likeness (QED) is 0.772. The van der Waals surface area contributed by atoms with Crippen LogP contribution in [-0.2, 0) is 5.41 Å². The third kappa shape index (κ3) is 3.20. The van der Waals surface area contributed by atoms with Crippen LogP contribution in [0.2, 0.25) is 0 Å². The maximum Gasteiger partial charge on any atom is 0.168 e. The zero-order chi connectivity index (χ0) is 11.5. The molecule has 0 aliphatic rings. The first-order chi connectivity index (χ1) is 6.95. The molecule has 3 heteroatoms. The lowest BCUT2D eigenvalue weighted by molar-refractivity contribution is 0.506. The first kappa shape index (κ1) is 12.0. The molecule has 0 fully saturated rings. The fraction of sp³-hybridized carbons (Fsp3) is 0.417. The average molecular weight is 222 g/mol. The summed E-state index contributed by atoms with van der Waals surface area (Å²) in [6, 6.07) is 8.24. The van der Waals surface area contributed by atoms with Gasteiger partial charge in [-0.3, -0.25) is 0 Å². The molecule has 15 heavy (non-hydrogen) atoms. The molecule has 0 saturated carbocycles. The SMILES string of the molecule is CCC(C)(C)c1ccc(NC(N)=S)cc1. The van der Waals surface area contributed by atoms with E-state index in [4.69, 9.17) is 18.0 Å². The van der Waals surface area contributed by atoms with Crippen LogP contribution in [0, 0.1) is 0 Å². The summed E-state index contributed by atoms with van der Waals surface area (Å²) in [5, 5.41) is 3.21. The molecular weight excluding hydrogens is 204 g/mol. The predicted octanol–water partition coefficient (Wildman–Crippen LogP) is 3.03. The Bertz CT molecular complexity index is 341. The lowest BCUT2D eigenvalue weighted by Crippen LogP contribution is -2.19. The Labute approximate surface area is 96.9 Å². The number of hydrogen-bond donors (Lipinski definition) is 2. The minimum Gasteiger partial charge on any atom is -0.376 e. The van der Waals surface area contributed by atoms with Gasteiger partial charge in [0.2, 0.25) is 0 Å². The van der Waals surface area contributed by atoms with E-state index in [0.29, 0.717) is 5.11 Å². The van der Waals surface area contributed by atoms with E-state index >= 15 is 0 Å². The van der Waals surface area contributed by atoms with Crippen molar-refractivity contribution in [2.75, 3.05) is 5.32 Å². The summed E-state index contributed by atoms with van der Waals surface area (Å²) in [5.74, 6) is 0. The standard InChI is InChI=1S/C12H18N2S/c1-4-12(2,3)9-5-7-10(8-6-9)14-11(13)15/h5-8H,4H2,1-3H3,(H3,13,14,15). The number of nitrogens with two attached hydrogens (primary N) is 1. The molecule has 0 heterocycles. The fourth-order valence-electron chi connectivity index (χ4n) is 1.35. The van der Waals surface area contributed by atoms with Crippen molar-refractivity contribution in [3.8, 4) is 0 Å². The molecule has 0 aromatic heterocycles. The normalized spacial score (nSPS) is 11.1. The minimum atomic E-state index is 0.224. The summed E-state index contributed by atoms with van der Waals surface area (Å²) in [6.45, 7) is 6.67. The lowest BCUT2D eigenvalue weighted by Gasteiger charge is -2.23. The Morgan fingerprint density at radius 3 is 2.27 bits per heavy atom. The van der Waals surface area contributed by atoms with Crippen LogP contribution in [0.1, 0.15) is 32.8 Å². The molecule has 3 N–H and O–H groups in total. The molecule has 0 spiro atoms. The summed E-state index contributed by atoms with van der Waals surface area (Å²) in [7, 11) is 0. The summed E-state index contributed by atoms with van der Waals surface area (Å²) in [5.41, 5.74) is 7.89. The third-order valence-corrected chi connectivity index (χ3v) is 2.92. The van der Waals surface area contributed by atoms with Crippen molar-refractivity contribution in [3.05, 3.63) is 29.8 Å². The fourth-order valence-corrected chi connectivity index (χ4v) is 1.47. The predicted molar refractivity (Wildman–Crippen MR) is 70.2 cm³/mol. The van der Waals surface area contributed by atoms with E-state index in [1.165, 1.54) is 5.56 Å². The van der Waals surface area contributed by atoms with Crippen molar-refractivity contribution in [1.82, 2.24) is 0 Å². The van der Waals surface area contributed by atoms with Crippen LogP contribution in [0.15, 0.2) is 24.3 Å². The summed E-state index contributed by atoms with van der Waals surface area (Å²) < 4.78 is 0. The molecular formula is C12H18N2S. The average Bonchev–Trinajstić information content (AvgIpc) is 2.18. The zero-order valence-electron chi connectivity index (χ0n) is 9.50. The molecule has 0 unspecified atom stereocenters. The van der Waals surface area contributed by atoms with Crippen molar-refractivity contribution in [2.24, 2.45) is 5.73 Å². The van der Waals surface area contributed by atoms with Crippen molar-refractivity contribution in [1.29, 1.82) is 0 Å². The number of anilines is 1. The van der Waals surface area contributed by atoms with Crippen molar-refractivity contribution < 1.29 is 0 Å². The van der Waals surface area contributed by atoms with E-state index in [1.54, 1.807) is 0 Å². The van der Waals surface area contributed by atoms with Crippen LogP contribution >= 0.6 is 12.2 Å². The Morgan fingerprint density at radius 1 is 1.33 bits per heavy atom. The van der Waals surface area contributed by atoms with Gasteiger partial charge >= 0.3 is 0 Å². The second-order valence-electron chi connectivity index (χ2n) is 4.30. The van der Waals surface area contributed by atoms with Gasteiger partial charge in [0.25, 0.3) is 0 Å². The first-order valence-electron chi connectivity index (χ1n) is 5.12. The zero-order valence-corrected chi connectivity index (χ0v) is 10.3. The van der Waals surface area contributed by atoms with E-state index in [-0.39, 0.29) is 5.41 Å². The number of hydrogen-bond acceptors (Lipinski definition) is 1. The highest BCUT2D eigenvalue weighted by Crippen LogP contribution is 2.27. The van der Waals surface area contributed by atoms with Crippen LogP contribution < -0.4 is 11.1 Å². The van der Waals surface area contributed by atoms with Gasteiger partial charge in [-0.05, 0) is 41.7 Å². The summed E-state index contributed by atoms with van der Waals surface area (Å²) in [4.78, 5) is 0. The largest absolute Gasteiger partial charge is 0.376 e. The van der Waals surface area contributed by atoms with Crippen molar-refractivity contribution in [2.45, 2.75) is 32.6 Å². The smallest absolute Gasteiger partial charge is 0.168 e. The summed E-state index contributed by atoms with van der Waals surface area (Å²) >= 11 is 4.77. The molecule has 0 radical (unpaired) electrons. The van der Waals surface area contributed by atoms with Crippen molar-refractivity contribution >= 4 is 23.0 Å². The molecule has 0 aliphatic carbocycles. The number of thiocarbonyl (C=S) groups is 1. The van der Waals surface area contributed by atoms with E-state index in [9.17, 15) is 0 Å². The Kier molecular flexibility index (Phi) is 3.69. The van der Waals surface area contributed by atoms with E-state index < -0.39 is 0 Å². The van der Waals surface area contributed by atoms with Crippen molar-refractivity contribution in [3.63, 3.8) is 0 Å². The molecule has 0 atom stereocenters. The maximum atomic E-state index is 5.39. The second kappa shape index (κ2) is 4.62. The van der Waals surface area contributed by atoms with Gasteiger partial charge in [0.1, 0.15) is 0 Å². The monoisotopic (exact) mass is 222 g/mol. The second-order valence-corrected chi connectivity index (χ2v) is 4.74. The molecule has 0 bridgehead atoms. The lowest BCUT2D eigenvalue weighted by atomic mass is 9.82. The highest BCUT2D eigenvalue weighted by atomic mass is 32.1. The van der Waals surface area contributed by atoms with Gasteiger partial charge in [0, 0.05) is 5.69 Å². The molecule has 2 nitrogen and oxygen atoms in total. The van der Waals surface area contributed by atoms with Gasteiger partial charge < -0.3 is 11.1 Å². The number of nitrogens with one attached hydrogen (secondary N) is 1. The first-order valence-corrected chi connectivity index (χ1v) is 5.53. The topological polar surface area (TPSA) is 38.0 Å². The Balaban J connectivity index is 2.85. The van der Waals surface area contributed by atoms with Gasteiger partial charge in [-0.15, -0.1) is 0 Å². The number of benzene rings is 1. The highest BCUT2D eigenvalue weighted by Gasteiger charge is 2.17. The molecule has 1 aromatic rings. The van der Waals surface area contributed by atoms with Gasteiger partial charge in [-0.2, -0.15) is 0 Å². The van der Waals surface area contributed by atoms with Crippen LogP contribution in [0.5, 0.6) is 0 Å². The minimum absolute atomic E-state index is 0.224. The molecule has 1 rings (SSSR count). The summed E-state index contributed by atoms with van der Waals surface area (Å²) in [6.07, 6.45) is 1.12. The Hall–Kier alpha value is -1.09. The van der Waals surface area contributed by atoms with Crippen LogP contribution in [0.25, 0.3) is 0 Å². The molecule has 1 aromatic carbocycles. The highest BCUT2D eigenvalue weighted by molar-refractivity contribution is 7.80. The van der Waals surface area contributed by atoms with Gasteiger partial charge in [0.15, 0.2) is 5.11 Å². The van der Waals surface area contributed by atoms with Crippen LogP contribution in [-0.4, -0.2) is 5.11 Å². The van der Waals surface area contributed by atoms with Crippen LogP contribution in [0.4, 0.5) is 5.69 Å². The molecule has 0 saturated heterocycles. The van der Waals surface area contributed by atoms with E-state index in [0.717, 1.165) is 12.1 Å². The van der Waals surface area contributed by atoms with Gasteiger partial charge in [-0.1, -0.05) is 32.9 Å². The van der Waals surface area contributed by atoms with Crippen LogP contribution in [0.3, 0.4) is 0 Å². The van der Waals surface area contributed by atoms with E-state index in [2.05, 4.69) is 38.2 Å². The number of rotatable bonds is 3. The maximum absolute atomic E-state index is 5.39. The third-order valence-electron chi connectivity index (χ3n) is 2.82. The molecule has 0 aliphatic heterocycles. The Morgan fingerprint density at radius 2 is 1.87 bits per heavy atom.